The van der Waals surface area contributed by atoms with E-state index in [1.807, 2.05) is 66.7 Å². The number of fused-ring (bicyclic) bond motifs is 4. The average Bonchev–Trinajstić information content (AvgIpc) is 2.86. The molecule has 0 amide bonds. The SMILES string of the molecule is O=[N+]([O-])[O-].O=[N+]([O-])[O-].[Cd+2].c1cc2nc(c1)CNc1ccccc1OCCNCCOc1ccccc1NC2. The first kappa shape index (κ1) is 32.1. The minimum atomic E-state index is -1.75. The molecule has 38 heavy (non-hydrogen) atoms. The van der Waals surface area contributed by atoms with Crippen molar-refractivity contribution in [3.05, 3.63) is 109 Å². The van der Waals surface area contributed by atoms with Gasteiger partial charge in [-0.1, -0.05) is 30.3 Å². The molecule has 198 valence electrons. The number of ether oxygens (including phenoxy) is 2. The summed E-state index contributed by atoms with van der Waals surface area (Å²) in [5.74, 6) is 1.69. The number of benzene rings is 2. The second-order valence-electron chi connectivity index (χ2n) is 7.21. The molecule has 0 radical (unpaired) electrons. The molecule has 0 saturated carbocycles. The van der Waals surface area contributed by atoms with Crippen molar-refractivity contribution in [2.45, 2.75) is 13.1 Å². The number of hydrogen-bond acceptors (Lipinski definition) is 12. The van der Waals surface area contributed by atoms with Crippen LogP contribution >= 0.6 is 0 Å². The van der Waals surface area contributed by atoms with Crippen molar-refractivity contribution in [1.82, 2.24) is 10.3 Å². The Kier molecular flexibility index (Phi) is 15.5. The van der Waals surface area contributed by atoms with Crippen LogP contribution < -0.4 is 25.4 Å². The molecule has 0 aliphatic carbocycles. The van der Waals surface area contributed by atoms with Gasteiger partial charge in [0.1, 0.15) is 24.7 Å². The fourth-order valence-electron chi connectivity index (χ4n) is 3.17. The molecule has 2 aromatic carbocycles. The van der Waals surface area contributed by atoms with Crippen molar-refractivity contribution in [1.29, 1.82) is 0 Å². The smallest absolute Gasteiger partial charge is 0.490 e. The van der Waals surface area contributed by atoms with Crippen LogP contribution in [0.3, 0.4) is 0 Å². The van der Waals surface area contributed by atoms with Gasteiger partial charge in [0.05, 0.1) is 46.0 Å². The van der Waals surface area contributed by atoms with Gasteiger partial charge in [-0.25, -0.2) is 0 Å². The molecule has 4 rings (SSSR count). The number of nitrogens with zero attached hydrogens (tertiary/aromatic N) is 3. The van der Waals surface area contributed by atoms with Crippen LogP contribution in [0.15, 0.2) is 66.7 Å². The summed E-state index contributed by atoms with van der Waals surface area (Å²) in [6, 6.07) is 22.1. The first-order chi connectivity index (χ1) is 17.8. The molecule has 3 N–H and O–H groups in total. The Bertz CT molecular complexity index is 1050. The maximum Gasteiger partial charge on any atom is 2.00 e. The molecular formula is C23H26CdN6O8. The monoisotopic (exact) mass is 628 g/mol. The number of nitrogens with one attached hydrogen (secondary N) is 3. The van der Waals surface area contributed by atoms with Gasteiger partial charge in [0.25, 0.3) is 0 Å². The first-order valence-corrected chi connectivity index (χ1v) is 11.0. The maximum atomic E-state index is 8.25. The van der Waals surface area contributed by atoms with Crippen LogP contribution in [0.2, 0.25) is 0 Å². The fourth-order valence-corrected chi connectivity index (χ4v) is 3.17. The molecule has 1 aliphatic heterocycles. The molecule has 0 atom stereocenters. The average molecular weight is 627 g/mol. The van der Waals surface area contributed by atoms with Gasteiger partial charge in [-0.15, -0.1) is 0 Å². The van der Waals surface area contributed by atoms with Crippen LogP contribution in [0, 0.1) is 30.6 Å². The van der Waals surface area contributed by atoms with Crippen molar-refractivity contribution in [2.75, 3.05) is 36.9 Å². The predicted molar refractivity (Wildman–Crippen MR) is 136 cm³/mol. The van der Waals surface area contributed by atoms with E-state index in [4.69, 9.17) is 45.1 Å². The summed E-state index contributed by atoms with van der Waals surface area (Å²) >= 11 is 0. The standard InChI is InChI=1S/C23H26N4O2.Cd.2NO3/c1-3-10-22-20(8-1)25-16-18-6-5-7-19(27-18)17-26-21-9-2-4-11-23(21)29-15-13-24-12-14-28-22;;2*2-1(3)4/h1-11,24-26H,12-17H2;;;/q;+2;2*-1. The summed E-state index contributed by atoms with van der Waals surface area (Å²) in [4.78, 5) is 21.3. The quantitative estimate of drug-likeness (QED) is 0.187. The zero-order chi connectivity index (χ0) is 26.9. The van der Waals surface area contributed by atoms with Gasteiger partial charge in [0, 0.05) is 13.1 Å². The van der Waals surface area contributed by atoms with E-state index in [-0.39, 0.29) is 27.3 Å². The second kappa shape index (κ2) is 18.3. The summed E-state index contributed by atoms with van der Waals surface area (Å²) in [5.41, 5.74) is 3.89. The Hall–Kier alpha value is -3.93. The number of anilines is 2. The number of para-hydroxylation sites is 4. The van der Waals surface area contributed by atoms with Crippen LogP contribution in [0.25, 0.3) is 0 Å². The topological polar surface area (TPSA) is 200 Å². The molecule has 14 nitrogen and oxygen atoms in total. The van der Waals surface area contributed by atoms with Gasteiger partial charge < -0.3 is 56.1 Å². The minimum absolute atomic E-state index is 0. The third kappa shape index (κ3) is 13.4. The summed E-state index contributed by atoms with van der Waals surface area (Å²) in [5, 5.41) is 39.7. The van der Waals surface area contributed by atoms with Crippen LogP contribution in [-0.2, 0) is 40.4 Å². The van der Waals surface area contributed by atoms with Crippen LogP contribution in [0.4, 0.5) is 11.4 Å². The van der Waals surface area contributed by atoms with Crippen molar-refractivity contribution >= 4 is 11.4 Å². The normalized spacial score (nSPS) is 12.7. The Morgan fingerprint density at radius 3 is 1.47 bits per heavy atom. The molecule has 3 aromatic rings. The molecule has 1 aliphatic rings. The minimum Gasteiger partial charge on any atom is -0.490 e. The van der Waals surface area contributed by atoms with Crippen LogP contribution in [0.1, 0.15) is 11.4 Å². The van der Waals surface area contributed by atoms with Crippen LogP contribution in [0.5, 0.6) is 11.5 Å². The van der Waals surface area contributed by atoms with E-state index in [1.165, 1.54) is 0 Å². The van der Waals surface area contributed by atoms with E-state index in [0.717, 1.165) is 47.4 Å². The molecule has 0 spiro atoms. The van der Waals surface area contributed by atoms with Crippen molar-refractivity contribution in [3.63, 3.8) is 0 Å². The fraction of sp³-hybridized carbons (Fsp3) is 0.261. The van der Waals surface area contributed by atoms with E-state index in [0.29, 0.717) is 26.3 Å². The van der Waals surface area contributed by atoms with Gasteiger partial charge in [0.15, 0.2) is 0 Å². The molecule has 1 aromatic heterocycles. The van der Waals surface area contributed by atoms with Gasteiger partial charge in [-0.05, 0) is 36.4 Å². The van der Waals surface area contributed by atoms with Crippen molar-refractivity contribution in [2.24, 2.45) is 0 Å². The van der Waals surface area contributed by atoms with Crippen LogP contribution in [-0.4, -0.2) is 41.5 Å². The van der Waals surface area contributed by atoms with E-state index in [9.17, 15) is 0 Å². The van der Waals surface area contributed by atoms with Crippen molar-refractivity contribution in [3.8, 4) is 11.5 Å². The van der Waals surface area contributed by atoms with E-state index in [2.05, 4.69) is 16.0 Å². The Labute approximate surface area is 238 Å². The molecule has 0 fully saturated rings. The Morgan fingerprint density at radius 1 is 0.658 bits per heavy atom. The number of pyridine rings is 1. The van der Waals surface area contributed by atoms with Gasteiger partial charge >= 0.3 is 27.3 Å². The molecule has 15 heteroatoms. The van der Waals surface area contributed by atoms with Crippen molar-refractivity contribution < 1.29 is 46.9 Å². The number of hydrogen-bond donors (Lipinski definition) is 3. The molecule has 0 unspecified atom stereocenters. The Morgan fingerprint density at radius 2 is 1.05 bits per heavy atom. The number of rotatable bonds is 0. The zero-order valence-corrected chi connectivity index (χ0v) is 24.4. The maximum absolute atomic E-state index is 8.25. The molecule has 2 bridgehead atoms. The van der Waals surface area contributed by atoms with Gasteiger partial charge in [-0.2, -0.15) is 0 Å². The summed E-state index contributed by atoms with van der Waals surface area (Å²) in [6.45, 7) is 3.94. The van der Waals surface area contributed by atoms with E-state index >= 15 is 0 Å². The Balaban J connectivity index is 0.000000709. The molecule has 2 heterocycles. The summed E-state index contributed by atoms with van der Waals surface area (Å²) in [7, 11) is 0. The molecular weight excluding hydrogens is 601 g/mol. The molecule has 0 saturated heterocycles. The summed E-state index contributed by atoms with van der Waals surface area (Å²) in [6.07, 6.45) is 0. The predicted octanol–water partition coefficient (Wildman–Crippen LogP) is 3.19. The third-order valence-corrected chi connectivity index (χ3v) is 4.63. The van der Waals surface area contributed by atoms with Gasteiger partial charge in [-0.3, -0.25) is 4.98 Å². The van der Waals surface area contributed by atoms with E-state index < -0.39 is 10.2 Å². The number of aromatic nitrogens is 1. The van der Waals surface area contributed by atoms with E-state index in [1.54, 1.807) is 0 Å². The summed E-state index contributed by atoms with van der Waals surface area (Å²) < 4.78 is 11.9. The second-order valence-corrected chi connectivity index (χ2v) is 7.21. The third-order valence-electron chi connectivity index (χ3n) is 4.63. The zero-order valence-electron chi connectivity index (χ0n) is 20.4. The first-order valence-electron chi connectivity index (χ1n) is 11.0. The van der Waals surface area contributed by atoms with Gasteiger partial charge in [0.2, 0.25) is 0 Å². The largest absolute Gasteiger partial charge is 2.00 e.